The minimum Gasteiger partial charge on any atom is -0.208 e. The molecule has 0 aliphatic carbocycles. The van der Waals surface area contributed by atoms with Gasteiger partial charge in [0.1, 0.15) is 8.07 Å². The zero-order chi connectivity index (χ0) is 27.5. The number of nitrogens with zero attached hydrogens (tertiary/aromatic N) is 3. The van der Waals surface area contributed by atoms with Crippen molar-refractivity contribution < 1.29 is 0 Å². The van der Waals surface area contributed by atoms with Gasteiger partial charge in [-0.1, -0.05) is 139 Å². The van der Waals surface area contributed by atoms with Gasteiger partial charge in [0, 0.05) is 11.1 Å². The average Bonchev–Trinajstić information content (AvgIpc) is 3.02. The van der Waals surface area contributed by atoms with Crippen molar-refractivity contribution in [2.75, 3.05) is 0 Å². The molecule has 0 saturated heterocycles. The third-order valence-corrected chi connectivity index (χ3v) is 11.1. The molecule has 0 atom stereocenters. The summed E-state index contributed by atoms with van der Waals surface area (Å²) >= 11 is 6.49. The molecule has 0 aliphatic rings. The second kappa shape index (κ2) is 11.0. The molecule has 0 aliphatic heterocycles. The SMILES string of the molecule is C[Si](C)(c1ccccc1)c1ccc(-c2nc(Cl)nc(-c3cc(-c4ccccc4)cc(-c4ccccc4)c3)n2)cc1. The summed E-state index contributed by atoms with van der Waals surface area (Å²) in [5, 5.41) is 2.93. The predicted octanol–water partition coefficient (Wildman–Crippen LogP) is 8.02. The fourth-order valence-electron chi connectivity index (χ4n) is 5.02. The summed E-state index contributed by atoms with van der Waals surface area (Å²) in [6.45, 7) is 4.75. The van der Waals surface area contributed by atoms with Crippen LogP contribution in [0.25, 0.3) is 45.0 Å². The van der Waals surface area contributed by atoms with Gasteiger partial charge in [-0.15, -0.1) is 0 Å². The van der Waals surface area contributed by atoms with Crippen molar-refractivity contribution in [2.45, 2.75) is 13.1 Å². The van der Waals surface area contributed by atoms with Gasteiger partial charge in [0.05, 0.1) is 0 Å². The van der Waals surface area contributed by atoms with E-state index in [-0.39, 0.29) is 5.28 Å². The van der Waals surface area contributed by atoms with Gasteiger partial charge >= 0.3 is 0 Å². The number of hydrogen-bond acceptors (Lipinski definition) is 3. The van der Waals surface area contributed by atoms with Crippen LogP contribution in [0.15, 0.2) is 133 Å². The van der Waals surface area contributed by atoms with Crippen molar-refractivity contribution in [3.63, 3.8) is 0 Å². The van der Waals surface area contributed by atoms with Crippen LogP contribution in [-0.4, -0.2) is 23.0 Å². The number of benzene rings is 5. The third kappa shape index (κ3) is 5.37. The second-order valence-electron chi connectivity index (χ2n) is 10.4. The molecule has 194 valence electrons. The summed E-state index contributed by atoms with van der Waals surface area (Å²) in [7, 11) is -1.81. The Labute approximate surface area is 241 Å². The van der Waals surface area contributed by atoms with Crippen LogP contribution in [0.1, 0.15) is 0 Å². The van der Waals surface area contributed by atoms with Crippen molar-refractivity contribution >= 4 is 30.0 Å². The van der Waals surface area contributed by atoms with Gasteiger partial charge < -0.3 is 0 Å². The van der Waals surface area contributed by atoms with E-state index in [9.17, 15) is 0 Å². The van der Waals surface area contributed by atoms with E-state index < -0.39 is 8.07 Å². The monoisotopic (exact) mass is 553 g/mol. The van der Waals surface area contributed by atoms with Crippen molar-refractivity contribution in [3.05, 3.63) is 139 Å². The van der Waals surface area contributed by atoms with Crippen LogP contribution >= 0.6 is 11.6 Å². The van der Waals surface area contributed by atoms with Crippen LogP contribution in [0.4, 0.5) is 0 Å². The molecule has 40 heavy (non-hydrogen) atoms. The van der Waals surface area contributed by atoms with Gasteiger partial charge in [0.2, 0.25) is 5.28 Å². The molecular formula is C35H28ClN3Si. The number of halogens is 1. The zero-order valence-corrected chi connectivity index (χ0v) is 24.2. The highest BCUT2D eigenvalue weighted by Gasteiger charge is 2.25. The molecule has 0 radical (unpaired) electrons. The Hall–Kier alpha value is -4.38. The molecule has 0 fully saturated rings. The third-order valence-electron chi connectivity index (χ3n) is 7.37. The Morgan fingerprint density at radius 2 is 0.850 bits per heavy atom. The van der Waals surface area contributed by atoms with Gasteiger partial charge in [-0.3, -0.25) is 0 Å². The lowest BCUT2D eigenvalue weighted by molar-refractivity contribution is 1.07. The Balaban J connectivity index is 1.41. The fraction of sp³-hybridized carbons (Fsp3) is 0.0571. The topological polar surface area (TPSA) is 38.7 Å². The Morgan fingerprint density at radius 3 is 1.38 bits per heavy atom. The molecular weight excluding hydrogens is 526 g/mol. The van der Waals surface area contributed by atoms with Crippen LogP contribution in [0, 0.1) is 0 Å². The minimum absolute atomic E-state index is 0.175. The van der Waals surface area contributed by atoms with Crippen LogP contribution in [-0.2, 0) is 0 Å². The van der Waals surface area contributed by atoms with Gasteiger partial charge in [-0.25, -0.2) is 4.98 Å². The van der Waals surface area contributed by atoms with E-state index in [1.165, 1.54) is 10.4 Å². The summed E-state index contributed by atoms with van der Waals surface area (Å²) in [4.78, 5) is 13.9. The highest BCUT2D eigenvalue weighted by Crippen LogP contribution is 2.32. The molecule has 1 heterocycles. The van der Waals surface area contributed by atoms with E-state index in [0.717, 1.165) is 33.4 Å². The molecule has 0 bridgehead atoms. The molecule has 3 nitrogen and oxygen atoms in total. The lowest BCUT2D eigenvalue weighted by Gasteiger charge is -2.23. The first-order chi connectivity index (χ1) is 19.5. The maximum Gasteiger partial charge on any atom is 0.226 e. The quantitative estimate of drug-likeness (QED) is 0.196. The van der Waals surface area contributed by atoms with Crippen molar-refractivity contribution in [1.29, 1.82) is 0 Å². The first-order valence-electron chi connectivity index (χ1n) is 13.3. The number of hydrogen-bond donors (Lipinski definition) is 0. The molecule has 0 spiro atoms. The largest absolute Gasteiger partial charge is 0.226 e. The van der Waals surface area contributed by atoms with Gasteiger partial charge in [0.15, 0.2) is 11.6 Å². The first-order valence-corrected chi connectivity index (χ1v) is 16.7. The number of aromatic nitrogens is 3. The molecule has 0 N–H and O–H groups in total. The summed E-state index contributed by atoms with van der Waals surface area (Å²) in [5.41, 5.74) is 6.24. The van der Waals surface area contributed by atoms with Crippen molar-refractivity contribution in [2.24, 2.45) is 0 Å². The van der Waals surface area contributed by atoms with E-state index in [0.29, 0.717) is 11.6 Å². The summed E-state index contributed by atoms with van der Waals surface area (Å²) < 4.78 is 0. The number of rotatable bonds is 6. The van der Waals surface area contributed by atoms with Crippen LogP contribution in [0.5, 0.6) is 0 Å². The first kappa shape index (κ1) is 25.9. The normalized spacial score (nSPS) is 11.4. The van der Waals surface area contributed by atoms with Crippen LogP contribution in [0.3, 0.4) is 0 Å². The summed E-state index contributed by atoms with van der Waals surface area (Å²) in [6, 6.07) is 46.5. The van der Waals surface area contributed by atoms with E-state index in [4.69, 9.17) is 16.6 Å². The van der Waals surface area contributed by atoms with E-state index >= 15 is 0 Å². The summed E-state index contributed by atoms with van der Waals surface area (Å²) in [5.74, 6) is 1.11. The second-order valence-corrected chi connectivity index (χ2v) is 15.1. The van der Waals surface area contributed by atoms with Gasteiger partial charge in [-0.2, -0.15) is 9.97 Å². The Bertz CT molecular complexity index is 1700. The van der Waals surface area contributed by atoms with Gasteiger partial charge in [-0.05, 0) is 52.1 Å². The van der Waals surface area contributed by atoms with Crippen molar-refractivity contribution in [1.82, 2.24) is 15.0 Å². The highest BCUT2D eigenvalue weighted by molar-refractivity contribution is 7.00. The molecule has 0 saturated carbocycles. The Kier molecular flexibility index (Phi) is 7.12. The molecule has 1 aromatic heterocycles. The summed E-state index contributed by atoms with van der Waals surface area (Å²) in [6.07, 6.45) is 0. The van der Waals surface area contributed by atoms with Crippen molar-refractivity contribution in [3.8, 4) is 45.0 Å². The molecule has 0 unspecified atom stereocenters. The lowest BCUT2D eigenvalue weighted by Crippen LogP contribution is -2.52. The average molecular weight is 554 g/mol. The zero-order valence-electron chi connectivity index (χ0n) is 22.4. The van der Waals surface area contributed by atoms with E-state index in [2.05, 4.69) is 120 Å². The van der Waals surface area contributed by atoms with Crippen LogP contribution in [0.2, 0.25) is 18.4 Å². The lowest BCUT2D eigenvalue weighted by atomic mass is 9.96. The molecule has 5 aromatic carbocycles. The van der Waals surface area contributed by atoms with E-state index in [1.807, 2.05) is 36.4 Å². The van der Waals surface area contributed by atoms with Crippen LogP contribution < -0.4 is 10.4 Å². The molecule has 6 aromatic rings. The minimum atomic E-state index is -1.81. The maximum absolute atomic E-state index is 6.49. The smallest absolute Gasteiger partial charge is 0.208 e. The standard InChI is InChI=1S/C35H28ClN3Si/c1-40(2,31-16-10-5-11-17-31)32-20-18-27(19-21-32)33-37-34(39-35(36)38-33)30-23-28(25-12-6-3-7-13-25)22-29(24-30)26-14-8-4-9-15-26/h3-24H,1-2H3. The molecule has 5 heteroatoms. The fourth-order valence-corrected chi connectivity index (χ4v) is 7.54. The molecule has 6 rings (SSSR count). The molecule has 0 amide bonds. The maximum atomic E-state index is 6.49. The Morgan fingerprint density at radius 1 is 0.425 bits per heavy atom. The highest BCUT2D eigenvalue weighted by atomic mass is 35.5. The van der Waals surface area contributed by atoms with E-state index in [1.54, 1.807) is 0 Å². The predicted molar refractivity (Wildman–Crippen MR) is 170 cm³/mol. The van der Waals surface area contributed by atoms with Gasteiger partial charge in [0.25, 0.3) is 0 Å².